The molecular formula is C20H21N3O5S. The van der Waals surface area contributed by atoms with Crippen LogP contribution in [0.25, 0.3) is 21.0 Å². The molecule has 1 aliphatic heterocycles. The summed E-state index contributed by atoms with van der Waals surface area (Å²) in [5.41, 5.74) is 7.20. The van der Waals surface area contributed by atoms with E-state index in [9.17, 15) is 4.79 Å². The fourth-order valence-corrected chi connectivity index (χ4v) is 4.38. The molecular weight excluding hydrogens is 394 g/mol. The molecule has 152 valence electrons. The molecule has 0 bridgehead atoms. The predicted molar refractivity (Wildman–Crippen MR) is 112 cm³/mol. The molecule has 8 nitrogen and oxygen atoms in total. The molecule has 4 rings (SSSR count). The number of hydrogen-bond donors (Lipinski definition) is 1. The van der Waals surface area contributed by atoms with Crippen LogP contribution in [0.15, 0.2) is 30.8 Å². The summed E-state index contributed by atoms with van der Waals surface area (Å²) < 4.78 is 22.6. The topological polar surface area (TPSA) is 96.1 Å². The number of nitrogen functional groups attached to an aromatic ring is 1. The van der Waals surface area contributed by atoms with Gasteiger partial charge in [0.15, 0.2) is 17.4 Å². The van der Waals surface area contributed by atoms with E-state index in [1.165, 1.54) is 18.4 Å². The summed E-state index contributed by atoms with van der Waals surface area (Å²) >= 11 is 1.27. The first kappa shape index (κ1) is 19.3. The second-order valence-electron chi connectivity index (χ2n) is 6.45. The highest BCUT2D eigenvalue weighted by molar-refractivity contribution is 7.22. The predicted octanol–water partition coefficient (Wildman–Crippen LogP) is 3.01. The summed E-state index contributed by atoms with van der Waals surface area (Å²) in [6.07, 6.45) is 1.66. The van der Waals surface area contributed by atoms with Gasteiger partial charge >= 0.3 is 5.97 Å². The van der Waals surface area contributed by atoms with E-state index in [0.29, 0.717) is 52.1 Å². The fraction of sp³-hybridized carbons (Fsp3) is 0.300. The summed E-state index contributed by atoms with van der Waals surface area (Å²) in [5, 5.41) is 1.52. The molecule has 1 fully saturated rings. The molecule has 0 radical (unpaired) electrons. The summed E-state index contributed by atoms with van der Waals surface area (Å²) in [7, 11) is 2.90. The number of carbonyl (C=O) groups excluding carboxylic acids is 1. The van der Waals surface area contributed by atoms with Gasteiger partial charge in [0.05, 0.1) is 38.6 Å². The van der Waals surface area contributed by atoms with Gasteiger partial charge < -0.3 is 29.6 Å². The number of methoxy groups -OCH3 is 2. The van der Waals surface area contributed by atoms with E-state index in [0.717, 1.165) is 23.2 Å². The highest BCUT2D eigenvalue weighted by Crippen LogP contribution is 2.41. The molecule has 9 heteroatoms. The van der Waals surface area contributed by atoms with Crippen molar-refractivity contribution in [3.63, 3.8) is 0 Å². The Kier molecular flexibility index (Phi) is 5.16. The lowest BCUT2D eigenvalue weighted by Crippen LogP contribution is -2.36. The van der Waals surface area contributed by atoms with E-state index >= 15 is 0 Å². The SMILES string of the molecule is C=C(Oc1cc2ncc3c(N)c(C(=O)OC)sc3c2cc1OC)N1CCOCC1. The normalized spacial score (nSPS) is 14.2. The molecule has 29 heavy (non-hydrogen) atoms. The van der Waals surface area contributed by atoms with Crippen LogP contribution in [-0.4, -0.2) is 56.4 Å². The third kappa shape index (κ3) is 3.43. The maximum absolute atomic E-state index is 12.0. The van der Waals surface area contributed by atoms with Gasteiger partial charge in [0.1, 0.15) is 4.88 Å². The number of fused-ring (bicyclic) bond motifs is 3. The van der Waals surface area contributed by atoms with Crippen LogP contribution in [0.3, 0.4) is 0 Å². The van der Waals surface area contributed by atoms with Gasteiger partial charge in [0.2, 0.25) is 0 Å². The first-order valence-electron chi connectivity index (χ1n) is 9.00. The van der Waals surface area contributed by atoms with Gasteiger partial charge in [-0.3, -0.25) is 4.98 Å². The van der Waals surface area contributed by atoms with Crippen LogP contribution >= 0.6 is 11.3 Å². The van der Waals surface area contributed by atoms with Crippen molar-refractivity contribution in [1.29, 1.82) is 0 Å². The molecule has 1 aliphatic rings. The van der Waals surface area contributed by atoms with Gasteiger partial charge in [0, 0.05) is 40.8 Å². The van der Waals surface area contributed by atoms with E-state index < -0.39 is 5.97 Å². The zero-order chi connectivity index (χ0) is 20.5. The molecule has 3 aromatic rings. The highest BCUT2D eigenvalue weighted by Gasteiger charge is 2.21. The van der Waals surface area contributed by atoms with Crippen molar-refractivity contribution < 1.29 is 23.7 Å². The number of thiophene rings is 1. The summed E-state index contributed by atoms with van der Waals surface area (Å²) in [5.74, 6) is 1.11. The standard InChI is InChI=1S/C20H21N3O5S/c1-11(23-4-6-27-7-5-23)28-16-9-14-12(8-15(16)25-2)18-13(10-22-14)17(21)19(29-18)20(24)26-3/h8-10H,1,4-7,21H2,2-3H3. The average molecular weight is 415 g/mol. The van der Waals surface area contributed by atoms with Crippen LogP contribution in [0.1, 0.15) is 9.67 Å². The third-order valence-electron chi connectivity index (χ3n) is 4.81. The average Bonchev–Trinajstić information content (AvgIpc) is 3.10. The summed E-state index contributed by atoms with van der Waals surface area (Å²) in [4.78, 5) is 18.9. The van der Waals surface area contributed by atoms with Gasteiger partial charge in [-0.1, -0.05) is 0 Å². The second kappa shape index (κ2) is 7.76. The number of hydrogen-bond acceptors (Lipinski definition) is 9. The molecule has 3 heterocycles. The molecule has 1 saturated heterocycles. The number of pyridine rings is 1. The number of benzene rings is 1. The molecule has 0 atom stereocenters. The van der Waals surface area contributed by atoms with Gasteiger partial charge in [-0.25, -0.2) is 4.79 Å². The zero-order valence-electron chi connectivity index (χ0n) is 16.2. The minimum absolute atomic E-state index is 0.358. The number of nitrogens with zero attached hydrogens (tertiary/aromatic N) is 2. The molecule has 1 aromatic carbocycles. The minimum Gasteiger partial charge on any atom is -0.493 e. The van der Waals surface area contributed by atoms with E-state index in [-0.39, 0.29) is 0 Å². The van der Waals surface area contributed by atoms with Gasteiger partial charge in [0.25, 0.3) is 0 Å². The first-order valence-corrected chi connectivity index (χ1v) is 9.81. The Hall–Kier alpha value is -3.04. The van der Waals surface area contributed by atoms with Crippen LogP contribution < -0.4 is 15.2 Å². The Balaban J connectivity index is 1.77. The number of esters is 1. The van der Waals surface area contributed by atoms with Crippen LogP contribution in [0.5, 0.6) is 11.5 Å². The Morgan fingerprint density at radius 3 is 2.69 bits per heavy atom. The molecule has 2 N–H and O–H groups in total. The summed E-state index contributed by atoms with van der Waals surface area (Å²) in [6, 6.07) is 3.64. The lowest BCUT2D eigenvalue weighted by molar-refractivity contribution is 0.0352. The van der Waals surface area contributed by atoms with Crippen LogP contribution in [0.4, 0.5) is 5.69 Å². The van der Waals surface area contributed by atoms with E-state index in [1.807, 2.05) is 11.0 Å². The number of aromatic nitrogens is 1. The molecule has 0 amide bonds. The third-order valence-corrected chi connectivity index (χ3v) is 6.04. The fourth-order valence-electron chi connectivity index (χ4n) is 3.24. The number of carbonyl (C=O) groups is 1. The second-order valence-corrected chi connectivity index (χ2v) is 7.47. The van der Waals surface area contributed by atoms with E-state index in [1.54, 1.807) is 19.4 Å². The smallest absolute Gasteiger partial charge is 0.350 e. The van der Waals surface area contributed by atoms with Crippen molar-refractivity contribution in [1.82, 2.24) is 9.88 Å². The Bertz CT molecular complexity index is 1100. The Morgan fingerprint density at radius 1 is 1.24 bits per heavy atom. The Morgan fingerprint density at radius 2 is 2.00 bits per heavy atom. The van der Waals surface area contributed by atoms with E-state index in [2.05, 4.69) is 11.6 Å². The molecule has 0 saturated carbocycles. The van der Waals surface area contributed by atoms with Crippen LogP contribution in [-0.2, 0) is 9.47 Å². The number of ether oxygens (including phenoxy) is 4. The molecule has 2 aromatic heterocycles. The first-order chi connectivity index (χ1) is 14.0. The van der Waals surface area contributed by atoms with Crippen molar-refractivity contribution in [2.75, 3.05) is 46.3 Å². The minimum atomic E-state index is -0.467. The van der Waals surface area contributed by atoms with Crippen molar-refractivity contribution in [2.24, 2.45) is 0 Å². The van der Waals surface area contributed by atoms with Crippen LogP contribution in [0, 0.1) is 0 Å². The number of rotatable bonds is 5. The molecule has 0 aliphatic carbocycles. The number of nitrogens with two attached hydrogens (primary N) is 1. The van der Waals surface area contributed by atoms with Crippen molar-refractivity contribution >= 4 is 44.0 Å². The maximum atomic E-state index is 12.0. The number of anilines is 1. The molecule has 0 unspecified atom stereocenters. The quantitative estimate of drug-likeness (QED) is 0.502. The zero-order valence-corrected chi connectivity index (χ0v) is 17.0. The highest BCUT2D eigenvalue weighted by atomic mass is 32.1. The van der Waals surface area contributed by atoms with Gasteiger partial charge in [-0.15, -0.1) is 11.3 Å². The van der Waals surface area contributed by atoms with Crippen molar-refractivity contribution in [3.05, 3.63) is 35.7 Å². The monoisotopic (exact) mass is 415 g/mol. The van der Waals surface area contributed by atoms with Crippen molar-refractivity contribution in [2.45, 2.75) is 0 Å². The Labute approximate surface area is 171 Å². The van der Waals surface area contributed by atoms with Crippen LogP contribution in [0.2, 0.25) is 0 Å². The molecule has 0 spiro atoms. The van der Waals surface area contributed by atoms with Gasteiger partial charge in [-0.2, -0.15) is 0 Å². The largest absolute Gasteiger partial charge is 0.493 e. The summed E-state index contributed by atoms with van der Waals surface area (Å²) in [6.45, 7) is 6.75. The van der Waals surface area contributed by atoms with E-state index in [4.69, 9.17) is 24.7 Å². The maximum Gasteiger partial charge on any atom is 0.350 e. The lowest BCUT2D eigenvalue weighted by Gasteiger charge is -2.29. The van der Waals surface area contributed by atoms with Gasteiger partial charge in [-0.05, 0) is 12.6 Å². The van der Waals surface area contributed by atoms with Crippen molar-refractivity contribution in [3.8, 4) is 11.5 Å². The number of morpholine rings is 1. The lowest BCUT2D eigenvalue weighted by atomic mass is 10.1.